The fourth-order valence-corrected chi connectivity index (χ4v) is 4.81. The number of halogens is 1. The Morgan fingerprint density at radius 1 is 1.43 bits per heavy atom. The first kappa shape index (κ1) is 22.8. The fraction of sp³-hybridized carbons (Fsp3) is 0.625. The predicted octanol–water partition coefficient (Wildman–Crippen LogP) is 4.22. The molecule has 5 nitrogen and oxygen atoms in total. The van der Waals surface area contributed by atoms with Gasteiger partial charge >= 0.3 is 5.97 Å². The van der Waals surface area contributed by atoms with Gasteiger partial charge in [-0.3, -0.25) is 0 Å². The van der Waals surface area contributed by atoms with E-state index >= 15 is 0 Å². The molecule has 1 aromatic rings. The van der Waals surface area contributed by atoms with E-state index in [0.717, 1.165) is 18.4 Å². The normalized spacial score (nSPS) is 28.9. The zero-order valence-electron chi connectivity index (χ0n) is 18.0. The third-order valence-corrected chi connectivity index (χ3v) is 6.78. The van der Waals surface area contributed by atoms with E-state index in [1.807, 2.05) is 6.92 Å². The van der Waals surface area contributed by atoms with Gasteiger partial charge in [-0.1, -0.05) is 38.0 Å². The SMILES string of the molecule is CCCCC(C)(F)C(O)/C=C/[C@@H]1[C@H]2CCc3ccc(C(=O)O)c(C)c3O[C@H]2C[C@H]1O. The van der Waals surface area contributed by atoms with Crippen molar-refractivity contribution in [2.45, 2.75) is 83.3 Å². The smallest absolute Gasteiger partial charge is 0.336 e. The van der Waals surface area contributed by atoms with Gasteiger partial charge in [0.1, 0.15) is 23.6 Å². The Morgan fingerprint density at radius 2 is 2.17 bits per heavy atom. The van der Waals surface area contributed by atoms with E-state index in [2.05, 4.69) is 0 Å². The average Bonchev–Trinajstić information content (AvgIpc) is 2.86. The molecule has 0 bridgehead atoms. The fourth-order valence-electron chi connectivity index (χ4n) is 4.81. The Bertz CT molecular complexity index is 803. The molecule has 30 heavy (non-hydrogen) atoms. The van der Waals surface area contributed by atoms with Gasteiger partial charge in [0.15, 0.2) is 0 Å². The summed E-state index contributed by atoms with van der Waals surface area (Å²) in [6.45, 7) is 5.15. The maximum absolute atomic E-state index is 14.7. The molecule has 3 rings (SSSR count). The number of benzene rings is 1. The molecule has 6 heteroatoms. The van der Waals surface area contributed by atoms with Crippen molar-refractivity contribution in [2.24, 2.45) is 11.8 Å². The minimum Gasteiger partial charge on any atom is -0.489 e. The van der Waals surface area contributed by atoms with Crippen molar-refractivity contribution in [2.75, 3.05) is 0 Å². The summed E-state index contributed by atoms with van der Waals surface area (Å²) in [6.07, 6.45) is 4.90. The summed E-state index contributed by atoms with van der Waals surface area (Å²) in [4.78, 5) is 11.5. The van der Waals surface area contributed by atoms with E-state index in [-0.39, 0.29) is 29.9 Å². The molecule has 0 saturated heterocycles. The number of carbonyl (C=O) groups is 1. The molecule has 1 aromatic carbocycles. The summed E-state index contributed by atoms with van der Waals surface area (Å²) in [5.41, 5.74) is 0.101. The second-order valence-corrected chi connectivity index (χ2v) is 8.98. The number of alkyl halides is 1. The van der Waals surface area contributed by atoms with Crippen LogP contribution in [0.1, 0.15) is 67.4 Å². The summed E-state index contributed by atoms with van der Waals surface area (Å²) in [5.74, 6) is -0.598. The number of carboxylic acid groups (broad SMARTS) is 1. The van der Waals surface area contributed by atoms with Crippen LogP contribution in [0.4, 0.5) is 4.39 Å². The lowest BCUT2D eigenvalue weighted by molar-refractivity contribution is 0.0265. The summed E-state index contributed by atoms with van der Waals surface area (Å²) in [5, 5.41) is 30.4. The Labute approximate surface area is 177 Å². The Balaban J connectivity index is 1.77. The minimum absolute atomic E-state index is 0.0186. The second-order valence-electron chi connectivity index (χ2n) is 8.98. The number of fused-ring (bicyclic) bond motifs is 2. The van der Waals surface area contributed by atoms with Crippen LogP contribution in [0.5, 0.6) is 5.75 Å². The van der Waals surface area contributed by atoms with Crippen LogP contribution in [0.25, 0.3) is 0 Å². The average molecular weight is 421 g/mol. The molecular weight excluding hydrogens is 387 g/mol. The van der Waals surface area contributed by atoms with Crippen LogP contribution in [-0.4, -0.2) is 45.3 Å². The first-order chi connectivity index (χ1) is 14.2. The highest BCUT2D eigenvalue weighted by atomic mass is 19.1. The van der Waals surface area contributed by atoms with Crippen molar-refractivity contribution in [1.82, 2.24) is 0 Å². The Kier molecular flexibility index (Phi) is 6.88. The van der Waals surface area contributed by atoms with Gasteiger partial charge in [0, 0.05) is 23.8 Å². The Hall–Kier alpha value is -1.92. The standard InChI is InChI=1S/C24H33FO5/c1-4-5-12-24(3,25)21(27)11-10-17-18-9-7-15-6-8-16(23(28)29)14(2)22(15)30-20(18)13-19(17)26/h6,8,10-11,17-21,26-27H,4-5,7,9,12-13H2,1-3H3,(H,28,29)/b11-10+/t17-,18-,19-,20+,21?,24?/m1/s1. The van der Waals surface area contributed by atoms with E-state index in [9.17, 15) is 24.5 Å². The third-order valence-electron chi connectivity index (χ3n) is 6.78. The number of rotatable bonds is 7. The van der Waals surface area contributed by atoms with Gasteiger partial charge in [-0.25, -0.2) is 9.18 Å². The summed E-state index contributed by atoms with van der Waals surface area (Å²) in [6, 6.07) is 3.42. The van der Waals surface area contributed by atoms with Crippen LogP contribution in [0.2, 0.25) is 0 Å². The number of aromatic carboxylic acids is 1. The maximum Gasteiger partial charge on any atom is 0.336 e. The van der Waals surface area contributed by atoms with Crippen LogP contribution < -0.4 is 4.74 Å². The van der Waals surface area contributed by atoms with E-state index in [0.29, 0.717) is 30.6 Å². The maximum atomic E-state index is 14.7. The molecule has 3 N–H and O–H groups in total. The highest BCUT2D eigenvalue weighted by Crippen LogP contribution is 2.44. The van der Waals surface area contributed by atoms with Crippen LogP contribution in [0, 0.1) is 18.8 Å². The lowest BCUT2D eigenvalue weighted by Gasteiger charge is -2.25. The minimum atomic E-state index is -1.70. The number of aryl methyl sites for hydroxylation is 1. The molecule has 166 valence electrons. The van der Waals surface area contributed by atoms with E-state index in [1.165, 1.54) is 13.0 Å². The molecule has 1 fully saturated rings. The first-order valence-corrected chi connectivity index (χ1v) is 10.9. The van der Waals surface area contributed by atoms with E-state index < -0.39 is 23.8 Å². The second kappa shape index (κ2) is 9.06. The summed E-state index contributed by atoms with van der Waals surface area (Å²) >= 11 is 0. The number of carboxylic acids is 1. The quantitative estimate of drug-likeness (QED) is 0.575. The van der Waals surface area contributed by atoms with E-state index in [1.54, 1.807) is 25.1 Å². The molecule has 1 aliphatic carbocycles. The molecule has 1 aliphatic heterocycles. The van der Waals surface area contributed by atoms with Crippen molar-refractivity contribution in [3.05, 3.63) is 41.0 Å². The number of aliphatic hydroxyl groups is 2. The van der Waals surface area contributed by atoms with Crippen molar-refractivity contribution < 1.29 is 29.2 Å². The lowest BCUT2D eigenvalue weighted by Crippen LogP contribution is -2.33. The van der Waals surface area contributed by atoms with Gasteiger partial charge in [-0.05, 0) is 44.7 Å². The number of hydrogen-bond donors (Lipinski definition) is 3. The highest BCUT2D eigenvalue weighted by Gasteiger charge is 2.44. The monoisotopic (exact) mass is 420 g/mol. The third kappa shape index (κ3) is 4.54. The molecule has 1 heterocycles. The molecule has 1 saturated carbocycles. The van der Waals surface area contributed by atoms with Crippen LogP contribution >= 0.6 is 0 Å². The van der Waals surface area contributed by atoms with Gasteiger partial charge in [0.2, 0.25) is 0 Å². The summed E-state index contributed by atoms with van der Waals surface area (Å²) in [7, 11) is 0. The molecule has 0 radical (unpaired) electrons. The number of hydrogen-bond acceptors (Lipinski definition) is 4. The first-order valence-electron chi connectivity index (χ1n) is 10.9. The topological polar surface area (TPSA) is 87.0 Å². The largest absolute Gasteiger partial charge is 0.489 e. The van der Waals surface area contributed by atoms with Crippen molar-refractivity contribution in [3.63, 3.8) is 0 Å². The highest BCUT2D eigenvalue weighted by molar-refractivity contribution is 5.90. The van der Waals surface area contributed by atoms with Gasteiger partial charge in [0.05, 0.1) is 11.7 Å². The van der Waals surface area contributed by atoms with Gasteiger partial charge in [-0.15, -0.1) is 0 Å². The molecule has 2 unspecified atom stereocenters. The molecule has 0 spiro atoms. The lowest BCUT2D eigenvalue weighted by atomic mass is 9.86. The molecule has 2 aliphatic rings. The number of unbranched alkanes of at least 4 members (excludes halogenated alkanes) is 1. The molecule has 0 aromatic heterocycles. The van der Waals surface area contributed by atoms with Crippen LogP contribution in [-0.2, 0) is 6.42 Å². The van der Waals surface area contributed by atoms with Crippen molar-refractivity contribution in [1.29, 1.82) is 0 Å². The van der Waals surface area contributed by atoms with Crippen LogP contribution in [0.3, 0.4) is 0 Å². The zero-order valence-corrected chi connectivity index (χ0v) is 18.0. The molecule has 0 amide bonds. The summed E-state index contributed by atoms with van der Waals surface area (Å²) < 4.78 is 21.0. The molecule has 6 atom stereocenters. The zero-order chi connectivity index (χ0) is 22.1. The predicted molar refractivity (Wildman–Crippen MR) is 113 cm³/mol. The number of ether oxygens (including phenoxy) is 1. The van der Waals surface area contributed by atoms with Crippen LogP contribution in [0.15, 0.2) is 24.3 Å². The van der Waals surface area contributed by atoms with Gasteiger partial charge in [0.25, 0.3) is 0 Å². The number of aliphatic hydroxyl groups excluding tert-OH is 2. The van der Waals surface area contributed by atoms with Crippen molar-refractivity contribution >= 4 is 5.97 Å². The Morgan fingerprint density at radius 3 is 2.83 bits per heavy atom. The van der Waals surface area contributed by atoms with Gasteiger partial charge in [-0.2, -0.15) is 0 Å². The van der Waals surface area contributed by atoms with Crippen molar-refractivity contribution in [3.8, 4) is 5.75 Å². The van der Waals surface area contributed by atoms with Gasteiger partial charge < -0.3 is 20.1 Å². The van der Waals surface area contributed by atoms with E-state index in [4.69, 9.17) is 4.74 Å². The molecular formula is C24H33FO5.